The minimum Gasteiger partial charge on any atom is -0.463 e. The number of nitrogens with one attached hydrogen (secondary N) is 1. The number of allylic oxidation sites excluding steroid dienone is 2. The molecule has 0 aliphatic carbocycles. The standard InChI is InChI=1S/C32H62NO8P/c1-3-5-6-7-8-9-10-11-12-13-14-15-16-17-18-19-20-21-22-23-24-25-31(35)33-26-27-40-42(37,38)41-29-30(34)28-39-32(36)4-2/h11-12,30,34H,3-10,13-29H2,1-2H3,(H,33,35)(H,37,38)/b12-11+. The Morgan fingerprint density at radius 3 is 1.76 bits per heavy atom. The van der Waals surface area contributed by atoms with Crippen LogP contribution in [0.25, 0.3) is 0 Å². The molecular formula is C32H62NO8P. The lowest BCUT2D eigenvalue weighted by Gasteiger charge is -2.15. The second kappa shape index (κ2) is 29.8. The first-order valence-electron chi connectivity index (χ1n) is 16.7. The van der Waals surface area contributed by atoms with Gasteiger partial charge in [-0.25, -0.2) is 4.57 Å². The number of aliphatic hydroxyl groups is 1. The summed E-state index contributed by atoms with van der Waals surface area (Å²) in [6, 6.07) is 0. The Labute approximate surface area is 256 Å². The molecule has 3 N–H and O–H groups in total. The van der Waals surface area contributed by atoms with E-state index in [1.807, 2.05) is 0 Å². The Hall–Kier alpha value is -1.25. The van der Waals surface area contributed by atoms with Crippen molar-refractivity contribution < 1.29 is 37.9 Å². The van der Waals surface area contributed by atoms with Crippen LogP contribution in [0.5, 0.6) is 0 Å². The van der Waals surface area contributed by atoms with E-state index >= 15 is 0 Å². The van der Waals surface area contributed by atoms with E-state index in [-0.39, 0.29) is 32.1 Å². The number of ether oxygens (including phenoxy) is 1. The molecule has 0 aromatic rings. The van der Waals surface area contributed by atoms with Crippen LogP contribution in [0.4, 0.5) is 0 Å². The topological polar surface area (TPSA) is 131 Å². The van der Waals surface area contributed by atoms with Gasteiger partial charge in [0.15, 0.2) is 0 Å². The minimum absolute atomic E-state index is 0.0827. The van der Waals surface area contributed by atoms with E-state index in [0.29, 0.717) is 6.42 Å². The molecule has 0 aromatic heterocycles. The smallest absolute Gasteiger partial charge is 0.463 e. The third-order valence-electron chi connectivity index (χ3n) is 7.00. The second-order valence-corrected chi connectivity index (χ2v) is 12.5. The van der Waals surface area contributed by atoms with Crippen LogP contribution in [0, 0.1) is 0 Å². The zero-order valence-electron chi connectivity index (χ0n) is 26.7. The number of carbonyl (C=O) groups excluding carboxylic acids is 2. The van der Waals surface area contributed by atoms with E-state index in [4.69, 9.17) is 9.26 Å². The monoisotopic (exact) mass is 619 g/mol. The average molecular weight is 620 g/mol. The molecule has 0 radical (unpaired) electrons. The van der Waals surface area contributed by atoms with Gasteiger partial charge >= 0.3 is 13.8 Å². The zero-order chi connectivity index (χ0) is 31.2. The molecule has 0 spiro atoms. The number of phosphoric acid groups is 1. The van der Waals surface area contributed by atoms with Gasteiger partial charge in [0.1, 0.15) is 12.7 Å². The molecule has 0 fully saturated rings. The van der Waals surface area contributed by atoms with Gasteiger partial charge in [-0.3, -0.25) is 18.6 Å². The molecule has 2 atom stereocenters. The first-order valence-corrected chi connectivity index (χ1v) is 18.2. The summed E-state index contributed by atoms with van der Waals surface area (Å²) in [6.45, 7) is 2.91. The highest BCUT2D eigenvalue weighted by Crippen LogP contribution is 2.42. The highest BCUT2D eigenvalue weighted by molar-refractivity contribution is 7.47. The number of aliphatic hydroxyl groups excluding tert-OH is 1. The maximum atomic E-state index is 11.9. The van der Waals surface area contributed by atoms with Gasteiger partial charge in [0.25, 0.3) is 0 Å². The van der Waals surface area contributed by atoms with Gasteiger partial charge < -0.3 is 20.1 Å². The fourth-order valence-electron chi connectivity index (χ4n) is 4.41. The molecule has 0 aliphatic rings. The Balaban J connectivity index is 3.44. The number of carbonyl (C=O) groups is 2. The molecule has 42 heavy (non-hydrogen) atoms. The lowest BCUT2D eigenvalue weighted by atomic mass is 10.0. The first-order chi connectivity index (χ1) is 20.3. The van der Waals surface area contributed by atoms with Gasteiger partial charge in [-0.15, -0.1) is 0 Å². The summed E-state index contributed by atoms with van der Waals surface area (Å²) >= 11 is 0. The molecule has 1 amide bonds. The van der Waals surface area contributed by atoms with Crippen molar-refractivity contribution in [3.8, 4) is 0 Å². The Morgan fingerprint density at radius 2 is 1.24 bits per heavy atom. The van der Waals surface area contributed by atoms with Crippen LogP contribution in [-0.4, -0.2) is 54.3 Å². The second-order valence-electron chi connectivity index (χ2n) is 11.1. The molecule has 0 saturated heterocycles. The van der Waals surface area contributed by atoms with Crippen LogP contribution in [-0.2, 0) is 27.9 Å². The number of rotatable bonds is 31. The summed E-state index contributed by atoms with van der Waals surface area (Å²) in [5.41, 5.74) is 0. The number of hydrogen-bond donors (Lipinski definition) is 3. The maximum absolute atomic E-state index is 11.9. The Kier molecular flexibility index (Phi) is 28.9. The number of amides is 1. The highest BCUT2D eigenvalue weighted by Gasteiger charge is 2.23. The molecule has 0 heterocycles. The zero-order valence-corrected chi connectivity index (χ0v) is 27.6. The number of hydrogen-bond acceptors (Lipinski definition) is 7. The number of phosphoric ester groups is 1. The summed E-state index contributed by atoms with van der Waals surface area (Å²) in [7, 11) is -4.37. The Bertz CT molecular complexity index is 719. The van der Waals surface area contributed by atoms with E-state index in [1.165, 1.54) is 103 Å². The van der Waals surface area contributed by atoms with Crippen molar-refractivity contribution >= 4 is 19.7 Å². The van der Waals surface area contributed by atoms with Gasteiger partial charge in [-0.2, -0.15) is 0 Å². The fraction of sp³-hybridized carbons (Fsp3) is 0.875. The van der Waals surface area contributed by atoms with Crippen LogP contribution in [0.1, 0.15) is 149 Å². The van der Waals surface area contributed by atoms with Crippen molar-refractivity contribution in [1.29, 1.82) is 0 Å². The maximum Gasteiger partial charge on any atom is 0.472 e. The van der Waals surface area contributed by atoms with E-state index in [1.54, 1.807) is 6.92 Å². The van der Waals surface area contributed by atoms with E-state index in [9.17, 15) is 24.2 Å². The normalized spacial score (nSPS) is 13.7. The minimum atomic E-state index is -4.37. The molecule has 10 heteroatoms. The predicted molar refractivity (Wildman–Crippen MR) is 169 cm³/mol. The molecule has 0 aliphatic heterocycles. The van der Waals surface area contributed by atoms with Crippen LogP contribution in [0.2, 0.25) is 0 Å². The number of esters is 1. The van der Waals surface area contributed by atoms with Crippen molar-refractivity contribution in [3.05, 3.63) is 12.2 Å². The predicted octanol–water partition coefficient (Wildman–Crippen LogP) is 7.93. The van der Waals surface area contributed by atoms with Gasteiger partial charge in [-0.05, 0) is 32.1 Å². The van der Waals surface area contributed by atoms with Gasteiger partial charge in [-0.1, -0.05) is 116 Å². The van der Waals surface area contributed by atoms with Crippen molar-refractivity contribution in [2.24, 2.45) is 0 Å². The van der Waals surface area contributed by atoms with Crippen LogP contribution in [0.3, 0.4) is 0 Å². The highest BCUT2D eigenvalue weighted by atomic mass is 31.2. The molecular weight excluding hydrogens is 557 g/mol. The van der Waals surface area contributed by atoms with Gasteiger partial charge in [0.2, 0.25) is 5.91 Å². The molecule has 2 unspecified atom stereocenters. The summed E-state index contributed by atoms with van der Waals surface area (Å²) in [4.78, 5) is 32.6. The van der Waals surface area contributed by atoms with Gasteiger partial charge in [0, 0.05) is 19.4 Å². The summed E-state index contributed by atoms with van der Waals surface area (Å²) in [6.07, 6.45) is 28.2. The average Bonchev–Trinajstić information content (AvgIpc) is 2.97. The van der Waals surface area contributed by atoms with E-state index < -0.39 is 26.5 Å². The first kappa shape index (κ1) is 40.8. The van der Waals surface area contributed by atoms with E-state index in [0.717, 1.165) is 19.3 Å². The number of unbranched alkanes of at least 4 members (excludes halogenated alkanes) is 17. The summed E-state index contributed by atoms with van der Waals surface area (Å²) in [5, 5.41) is 12.3. The summed E-state index contributed by atoms with van der Waals surface area (Å²) < 4.78 is 26.0. The van der Waals surface area contributed by atoms with Crippen LogP contribution < -0.4 is 5.32 Å². The van der Waals surface area contributed by atoms with Gasteiger partial charge in [0.05, 0.1) is 13.2 Å². The third kappa shape index (κ3) is 30.2. The Morgan fingerprint density at radius 1 is 0.738 bits per heavy atom. The lowest BCUT2D eigenvalue weighted by Crippen LogP contribution is -2.27. The molecule has 0 aromatic carbocycles. The molecule has 0 saturated carbocycles. The molecule has 0 bridgehead atoms. The van der Waals surface area contributed by atoms with Crippen molar-refractivity contribution in [2.45, 2.75) is 155 Å². The van der Waals surface area contributed by atoms with Crippen molar-refractivity contribution in [1.82, 2.24) is 5.32 Å². The molecule has 248 valence electrons. The molecule has 0 rings (SSSR count). The quantitative estimate of drug-likeness (QED) is 0.0309. The largest absolute Gasteiger partial charge is 0.472 e. The molecule has 9 nitrogen and oxygen atoms in total. The van der Waals surface area contributed by atoms with Crippen LogP contribution >= 0.6 is 7.82 Å². The summed E-state index contributed by atoms with van der Waals surface area (Å²) in [5.74, 6) is -0.606. The van der Waals surface area contributed by atoms with Crippen molar-refractivity contribution in [2.75, 3.05) is 26.4 Å². The lowest BCUT2D eigenvalue weighted by molar-refractivity contribution is -0.146. The van der Waals surface area contributed by atoms with Crippen LogP contribution in [0.15, 0.2) is 12.2 Å². The van der Waals surface area contributed by atoms with Crippen molar-refractivity contribution in [3.63, 3.8) is 0 Å². The fourth-order valence-corrected chi connectivity index (χ4v) is 5.17. The SMILES string of the molecule is CCCCCCCC/C=C/CCCCCCCCCCCCCC(=O)NCCOP(=O)(O)OCC(O)COC(=O)CC. The van der Waals surface area contributed by atoms with E-state index in [2.05, 4.69) is 28.9 Å². The third-order valence-corrected chi connectivity index (χ3v) is 7.98.